The van der Waals surface area contributed by atoms with Gasteiger partial charge in [0.15, 0.2) is 0 Å². The molecule has 1 heterocycles. The molecule has 1 aromatic rings. The van der Waals surface area contributed by atoms with Crippen LogP contribution in [0, 0.1) is 6.07 Å². The monoisotopic (exact) mass is 176 g/mol. The third-order valence-electron chi connectivity index (χ3n) is 2.30. The molecule has 1 aliphatic rings. The van der Waals surface area contributed by atoms with Gasteiger partial charge >= 0.3 is 0 Å². The molecule has 1 saturated heterocycles. The summed E-state index contributed by atoms with van der Waals surface area (Å²) in [7, 11) is 0. The number of hydrogen-bond donors (Lipinski definition) is 0. The van der Waals surface area contributed by atoms with E-state index in [1.54, 1.807) is 0 Å². The Morgan fingerprint density at radius 1 is 1.23 bits per heavy atom. The van der Waals surface area contributed by atoms with Gasteiger partial charge in [-0.2, -0.15) is 0 Å². The van der Waals surface area contributed by atoms with Crippen LogP contribution >= 0.6 is 0 Å². The summed E-state index contributed by atoms with van der Waals surface area (Å²) >= 11 is 0. The zero-order valence-corrected chi connectivity index (χ0v) is 7.70. The van der Waals surface area contributed by atoms with Gasteiger partial charge in [-0.25, -0.2) is 0 Å². The van der Waals surface area contributed by atoms with E-state index in [0.29, 0.717) is 0 Å². The molecular formula is C11H14NO. The molecule has 0 unspecified atom stereocenters. The minimum atomic E-state index is 0.874. The zero-order valence-electron chi connectivity index (χ0n) is 7.70. The van der Waals surface area contributed by atoms with E-state index in [9.17, 15) is 0 Å². The summed E-state index contributed by atoms with van der Waals surface area (Å²) in [6, 6.07) is 11.2. The Bertz CT molecular complexity index is 242. The third-order valence-corrected chi connectivity index (χ3v) is 2.30. The van der Waals surface area contributed by atoms with Crippen LogP contribution in [-0.2, 0) is 11.3 Å². The summed E-state index contributed by atoms with van der Waals surface area (Å²) in [6.07, 6.45) is 0. The maximum Gasteiger partial charge on any atom is 0.0594 e. The first-order valence-electron chi connectivity index (χ1n) is 4.70. The fourth-order valence-electron chi connectivity index (χ4n) is 1.54. The van der Waals surface area contributed by atoms with Crippen molar-refractivity contribution in [1.29, 1.82) is 0 Å². The van der Waals surface area contributed by atoms with E-state index in [1.165, 1.54) is 5.56 Å². The summed E-state index contributed by atoms with van der Waals surface area (Å²) in [5, 5.41) is 0. The van der Waals surface area contributed by atoms with Gasteiger partial charge in [-0.1, -0.05) is 24.3 Å². The average Bonchev–Trinajstić information content (AvgIpc) is 2.21. The van der Waals surface area contributed by atoms with Gasteiger partial charge in [0, 0.05) is 19.6 Å². The van der Waals surface area contributed by atoms with Gasteiger partial charge in [-0.15, -0.1) is 0 Å². The maximum atomic E-state index is 5.29. The molecule has 0 spiro atoms. The molecule has 2 rings (SSSR count). The predicted octanol–water partition coefficient (Wildman–Crippen LogP) is 1.32. The number of ether oxygens (including phenoxy) is 1. The van der Waals surface area contributed by atoms with Crippen LogP contribution < -0.4 is 0 Å². The summed E-state index contributed by atoms with van der Waals surface area (Å²) in [6.45, 7) is 4.90. The SMILES string of the molecule is [c]1ccc(CN2CCOCC2)cc1. The van der Waals surface area contributed by atoms with Crippen molar-refractivity contribution in [3.05, 3.63) is 35.9 Å². The smallest absolute Gasteiger partial charge is 0.0594 e. The van der Waals surface area contributed by atoms with E-state index >= 15 is 0 Å². The minimum Gasteiger partial charge on any atom is -0.379 e. The van der Waals surface area contributed by atoms with E-state index in [0.717, 1.165) is 32.8 Å². The van der Waals surface area contributed by atoms with Gasteiger partial charge in [0.25, 0.3) is 0 Å². The molecular weight excluding hydrogens is 162 g/mol. The largest absolute Gasteiger partial charge is 0.379 e. The van der Waals surface area contributed by atoms with Crippen molar-refractivity contribution in [3.8, 4) is 0 Å². The van der Waals surface area contributed by atoms with Crippen LogP contribution in [0.25, 0.3) is 0 Å². The first kappa shape index (κ1) is 8.73. The molecule has 0 N–H and O–H groups in total. The zero-order chi connectivity index (χ0) is 8.93. The molecule has 0 bridgehead atoms. The minimum absolute atomic E-state index is 0.874. The second-order valence-corrected chi connectivity index (χ2v) is 3.30. The molecule has 2 nitrogen and oxygen atoms in total. The third kappa shape index (κ3) is 2.54. The highest BCUT2D eigenvalue weighted by Crippen LogP contribution is 2.05. The molecule has 0 atom stereocenters. The first-order chi connectivity index (χ1) is 6.45. The molecule has 0 saturated carbocycles. The van der Waals surface area contributed by atoms with Gasteiger partial charge in [0.05, 0.1) is 13.2 Å². The first-order valence-corrected chi connectivity index (χ1v) is 4.70. The Kier molecular flexibility index (Phi) is 2.95. The van der Waals surface area contributed by atoms with Crippen molar-refractivity contribution in [2.24, 2.45) is 0 Å². The van der Waals surface area contributed by atoms with Gasteiger partial charge < -0.3 is 4.74 Å². The highest BCUT2D eigenvalue weighted by atomic mass is 16.5. The van der Waals surface area contributed by atoms with Crippen molar-refractivity contribution < 1.29 is 4.74 Å². The molecule has 0 aromatic heterocycles. The lowest BCUT2D eigenvalue weighted by atomic mass is 10.2. The Balaban J connectivity index is 1.90. The Labute approximate surface area is 79.1 Å². The highest BCUT2D eigenvalue weighted by molar-refractivity contribution is 5.13. The van der Waals surface area contributed by atoms with Gasteiger partial charge in [0.1, 0.15) is 0 Å². The van der Waals surface area contributed by atoms with Crippen LogP contribution in [0.3, 0.4) is 0 Å². The quantitative estimate of drug-likeness (QED) is 0.674. The molecule has 0 aliphatic carbocycles. The van der Waals surface area contributed by atoms with Crippen LogP contribution in [0.15, 0.2) is 24.3 Å². The summed E-state index contributed by atoms with van der Waals surface area (Å²) in [5.74, 6) is 0. The van der Waals surface area contributed by atoms with E-state index in [1.807, 2.05) is 12.1 Å². The van der Waals surface area contributed by atoms with Crippen molar-refractivity contribution in [3.63, 3.8) is 0 Å². The van der Waals surface area contributed by atoms with Gasteiger partial charge in [-0.05, 0) is 11.6 Å². The van der Waals surface area contributed by atoms with E-state index < -0.39 is 0 Å². The number of rotatable bonds is 2. The van der Waals surface area contributed by atoms with Crippen molar-refractivity contribution >= 4 is 0 Å². The van der Waals surface area contributed by atoms with Gasteiger partial charge in [-0.3, -0.25) is 4.90 Å². The number of hydrogen-bond acceptors (Lipinski definition) is 2. The van der Waals surface area contributed by atoms with Crippen LogP contribution in [0.2, 0.25) is 0 Å². The van der Waals surface area contributed by atoms with Crippen molar-refractivity contribution in [1.82, 2.24) is 4.90 Å². The normalized spacial score (nSPS) is 18.8. The summed E-state index contributed by atoms with van der Waals surface area (Å²) in [4.78, 5) is 2.42. The number of nitrogens with zero attached hydrogens (tertiary/aromatic N) is 1. The van der Waals surface area contributed by atoms with Crippen molar-refractivity contribution in [2.45, 2.75) is 6.54 Å². The Morgan fingerprint density at radius 2 is 1.92 bits per heavy atom. The standard InChI is InChI=1S/C11H14NO/c1-2-4-11(5-3-1)10-12-6-8-13-9-7-12/h2-5H,6-10H2. The fourth-order valence-corrected chi connectivity index (χ4v) is 1.54. The van der Waals surface area contributed by atoms with E-state index in [4.69, 9.17) is 4.74 Å². The molecule has 0 amide bonds. The highest BCUT2D eigenvalue weighted by Gasteiger charge is 2.09. The number of benzene rings is 1. The lowest BCUT2D eigenvalue weighted by molar-refractivity contribution is 0.0342. The van der Waals surface area contributed by atoms with E-state index in [2.05, 4.69) is 23.1 Å². The predicted molar refractivity (Wildman–Crippen MR) is 51.4 cm³/mol. The molecule has 2 heteroatoms. The lowest BCUT2D eigenvalue weighted by Gasteiger charge is -2.26. The molecule has 1 aromatic carbocycles. The molecule has 1 fully saturated rings. The molecule has 69 valence electrons. The lowest BCUT2D eigenvalue weighted by Crippen LogP contribution is -2.35. The van der Waals surface area contributed by atoms with Crippen LogP contribution in [-0.4, -0.2) is 31.2 Å². The van der Waals surface area contributed by atoms with Crippen LogP contribution in [0.5, 0.6) is 0 Å². The number of morpholine rings is 1. The second kappa shape index (κ2) is 4.40. The van der Waals surface area contributed by atoms with Crippen molar-refractivity contribution in [2.75, 3.05) is 26.3 Å². The van der Waals surface area contributed by atoms with E-state index in [-0.39, 0.29) is 0 Å². The topological polar surface area (TPSA) is 12.5 Å². The molecule has 1 radical (unpaired) electrons. The summed E-state index contributed by atoms with van der Waals surface area (Å²) < 4.78 is 5.29. The Hall–Kier alpha value is -0.860. The molecule has 13 heavy (non-hydrogen) atoms. The maximum absolute atomic E-state index is 5.29. The Morgan fingerprint density at radius 3 is 2.62 bits per heavy atom. The fraction of sp³-hybridized carbons (Fsp3) is 0.455. The average molecular weight is 176 g/mol. The van der Waals surface area contributed by atoms with Crippen LogP contribution in [0.1, 0.15) is 5.56 Å². The van der Waals surface area contributed by atoms with Crippen LogP contribution in [0.4, 0.5) is 0 Å². The summed E-state index contributed by atoms with van der Waals surface area (Å²) in [5.41, 5.74) is 1.36. The van der Waals surface area contributed by atoms with Gasteiger partial charge in [0.2, 0.25) is 0 Å². The molecule has 1 aliphatic heterocycles. The second-order valence-electron chi connectivity index (χ2n) is 3.30.